The van der Waals surface area contributed by atoms with Crippen LogP contribution in [0.4, 0.5) is 0 Å². The van der Waals surface area contributed by atoms with Crippen molar-refractivity contribution in [1.29, 1.82) is 0 Å². The quantitative estimate of drug-likeness (QED) is 0.683. The first-order valence-electron chi connectivity index (χ1n) is 4.68. The van der Waals surface area contributed by atoms with Gasteiger partial charge in [-0.15, -0.1) is 6.58 Å². The van der Waals surface area contributed by atoms with E-state index in [4.69, 9.17) is 0 Å². The summed E-state index contributed by atoms with van der Waals surface area (Å²) in [4.78, 5) is 0. The molecule has 2 heteroatoms. The minimum absolute atomic E-state index is 0.507. The van der Waals surface area contributed by atoms with Crippen molar-refractivity contribution < 1.29 is 0 Å². The first kappa shape index (κ1) is 10.1. The first-order chi connectivity index (χ1) is 6.24. The zero-order chi connectivity index (χ0) is 9.68. The van der Waals surface area contributed by atoms with Crippen LogP contribution in [0.3, 0.4) is 0 Å². The highest BCUT2D eigenvalue weighted by molar-refractivity contribution is 5.06. The van der Waals surface area contributed by atoms with E-state index in [2.05, 4.69) is 48.8 Å². The monoisotopic (exact) mass is 178 g/mol. The fourth-order valence-electron chi connectivity index (χ4n) is 1.29. The summed E-state index contributed by atoms with van der Waals surface area (Å²) in [6.45, 7) is 6.82. The van der Waals surface area contributed by atoms with Crippen LogP contribution in [0.15, 0.2) is 31.0 Å². The van der Waals surface area contributed by atoms with Crippen molar-refractivity contribution in [3.8, 4) is 0 Å². The van der Waals surface area contributed by atoms with Crippen LogP contribution >= 0.6 is 0 Å². The molecule has 0 saturated heterocycles. The molecular formula is C11H18N2. The second-order valence-electron chi connectivity index (χ2n) is 3.42. The summed E-state index contributed by atoms with van der Waals surface area (Å²) in [5, 5.41) is 3.43. The molecule has 0 bridgehead atoms. The molecule has 1 N–H and O–H groups in total. The molecule has 13 heavy (non-hydrogen) atoms. The van der Waals surface area contributed by atoms with Crippen LogP contribution in [0.25, 0.3) is 0 Å². The van der Waals surface area contributed by atoms with E-state index in [0.29, 0.717) is 6.04 Å². The second-order valence-corrected chi connectivity index (χ2v) is 3.42. The Balaban J connectivity index is 2.34. The van der Waals surface area contributed by atoms with E-state index < -0.39 is 0 Å². The Morgan fingerprint density at radius 3 is 3.00 bits per heavy atom. The fourth-order valence-corrected chi connectivity index (χ4v) is 1.29. The van der Waals surface area contributed by atoms with Gasteiger partial charge in [0.2, 0.25) is 0 Å². The maximum absolute atomic E-state index is 3.72. The normalized spacial score (nSPS) is 12.8. The number of rotatable bonds is 5. The molecule has 0 amide bonds. The lowest BCUT2D eigenvalue weighted by atomic mass is 10.2. The molecule has 1 aromatic heterocycles. The van der Waals surface area contributed by atoms with Gasteiger partial charge < -0.3 is 9.88 Å². The third kappa shape index (κ3) is 3.07. The molecule has 0 aliphatic heterocycles. The molecule has 72 valence electrons. The van der Waals surface area contributed by atoms with Crippen molar-refractivity contribution in [1.82, 2.24) is 9.88 Å². The van der Waals surface area contributed by atoms with E-state index >= 15 is 0 Å². The van der Waals surface area contributed by atoms with Gasteiger partial charge in [-0.3, -0.25) is 0 Å². The molecule has 0 spiro atoms. The van der Waals surface area contributed by atoms with E-state index in [1.54, 1.807) is 0 Å². The summed E-state index contributed by atoms with van der Waals surface area (Å²) in [6.07, 6.45) is 5.03. The highest BCUT2D eigenvalue weighted by atomic mass is 15.0. The third-order valence-corrected chi connectivity index (χ3v) is 2.20. The number of aromatic nitrogens is 1. The lowest BCUT2D eigenvalue weighted by Gasteiger charge is -2.11. The number of aryl methyl sites for hydroxylation is 1. The molecule has 0 saturated carbocycles. The number of nitrogens with one attached hydrogen (secondary N) is 1. The van der Waals surface area contributed by atoms with Crippen LogP contribution in [-0.4, -0.2) is 10.6 Å². The lowest BCUT2D eigenvalue weighted by molar-refractivity contribution is 0.540. The van der Waals surface area contributed by atoms with Crippen LogP contribution in [0.5, 0.6) is 0 Å². The Labute approximate surface area is 80.3 Å². The summed E-state index contributed by atoms with van der Waals surface area (Å²) in [7, 11) is 2.06. The maximum Gasteiger partial charge on any atom is 0.0361 e. The molecule has 0 radical (unpaired) electrons. The van der Waals surface area contributed by atoms with Crippen LogP contribution in [0.2, 0.25) is 0 Å². The zero-order valence-electron chi connectivity index (χ0n) is 8.46. The van der Waals surface area contributed by atoms with Gasteiger partial charge in [-0.05, 0) is 25.5 Å². The van der Waals surface area contributed by atoms with E-state index in [9.17, 15) is 0 Å². The Morgan fingerprint density at radius 1 is 1.69 bits per heavy atom. The molecule has 2 nitrogen and oxygen atoms in total. The van der Waals surface area contributed by atoms with Gasteiger partial charge in [0.05, 0.1) is 0 Å². The smallest absolute Gasteiger partial charge is 0.0361 e. The Kier molecular flexibility index (Phi) is 3.77. The molecule has 0 fully saturated rings. The Bertz CT molecular complexity index is 263. The highest BCUT2D eigenvalue weighted by Gasteiger charge is 2.00. The van der Waals surface area contributed by atoms with E-state index in [0.717, 1.165) is 13.0 Å². The molecule has 1 heterocycles. The van der Waals surface area contributed by atoms with Crippen LogP contribution < -0.4 is 5.32 Å². The number of hydrogen-bond donors (Lipinski definition) is 1. The molecular weight excluding hydrogens is 160 g/mol. The third-order valence-electron chi connectivity index (χ3n) is 2.20. The highest BCUT2D eigenvalue weighted by Crippen LogP contribution is 2.00. The Hall–Kier alpha value is -1.02. The summed E-state index contributed by atoms with van der Waals surface area (Å²) < 4.78 is 2.13. The summed E-state index contributed by atoms with van der Waals surface area (Å²) in [5.41, 5.74) is 1.32. The van der Waals surface area contributed by atoms with Gasteiger partial charge in [0.15, 0.2) is 0 Å². The molecule has 1 rings (SSSR count). The van der Waals surface area contributed by atoms with Gasteiger partial charge in [-0.25, -0.2) is 0 Å². The predicted molar refractivity (Wildman–Crippen MR) is 56.5 cm³/mol. The molecule has 0 aromatic carbocycles. The van der Waals surface area contributed by atoms with Crippen molar-refractivity contribution in [3.63, 3.8) is 0 Å². The summed E-state index contributed by atoms with van der Waals surface area (Å²) in [5.74, 6) is 0. The van der Waals surface area contributed by atoms with Gasteiger partial charge in [-0.1, -0.05) is 6.08 Å². The first-order valence-corrected chi connectivity index (χ1v) is 4.68. The summed E-state index contributed by atoms with van der Waals surface area (Å²) in [6, 6.07) is 4.70. The van der Waals surface area contributed by atoms with E-state index in [1.807, 2.05) is 6.08 Å². The average Bonchev–Trinajstić information content (AvgIpc) is 2.48. The second kappa shape index (κ2) is 4.87. The summed E-state index contributed by atoms with van der Waals surface area (Å²) >= 11 is 0. The molecule has 0 aliphatic carbocycles. The number of hydrogen-bond acceptors (Lipinski definition) is 1. The lowest BCUT2D eigenvalue weighted by Crippen LogP contribution is -2.25. The van der Waals surface area contributed by atoms with Crippen LogP contribution in [0.1, 0.15) is 19.0 Å². The van der Waals surface area contributed by atoms with E-state index in [1.165, 1.54) is 5.69 Å². The van der Waals surface area contributed by atoms with Gasteiger partial charge in [0.25, 0.3) is 0 Å². The minimum atomic E-state index is 0.507. The standard InChI is InChI=1S/C11H18N2/c1-4-6-10(2)12-9-11-7-5-8-13(11)3/h4-5,7-8,10,12H,1,6,9H2,2-3H3. The van der Waals surface area contributed by atoms with Crippen LogP contribution in [-0.2, 0) is 13.6 Å². The predicted octanol–water partition coefficient (Wildman–Crippen LogP) is 2.08. The van der Waals surface area contributed by atoms with Crippen molar-refractivity contribution >= 4 is 0 Å². The Morgan fingerprint density at radius 2 is 2.46 bits per heavy atom. The van der Waals surface area contributed by atoms with Gasteiger partial charge in [0, 0.05) is 31.5 Å². The molecule has 1 atom stereocenters. The molecule has 1 unspecified atom stereocenters. The molecule has 1 aromatic rings. The molecule has 0 aliphatic rings. The maximum atomic E-state index is 3.72. The topological polar surface area (TPSA) is 17.0 Å². The van der Waals surface area contributed by atoms with Crippen molar-refractivity contribution in [2.75, 3.05) is 0 Å². The van der Waals surface area contributed by atoms with Crippen LogP contribution in [0, 0.1) is 0 Å². The fraction of sp³-hybridized carbons (Fsp3) is 0.455. The van der Waals surface area contributed by atoms with Crippen molar-refractivity contribution in [3.05, 3.63) is 36.7 Å². The average molecular weight is 178 g/mol. The van der Waals surface area contributed by atoms with Crippen molar-refractivity contribution in [2.45, 2.75) is 25.9 Å². The van der Waals surface area contributed by atoms with E-state index in [-0.39, 0.29) is 0 Å². The largest absolute Gasteiger partial charge is 0.353 e. The number of nitrogens with zero attached hydrogens (tertiary/aromatic N) is 1. The van der Waals surface area contributed by atoms with Gasteiger partial charge >= 0.3 is 0 Å². The van der Waals surface area contributed by atoms with Gasteiger partial charge in [0.1, 0.15) is 0 Å². The zero-order valence-corrected chi connectivity index (χ0v) is 8.46. The van der Waals surface area contributed by atoms with Gasteiger partial charge in [-0.2, -0.15) is 0 Å². The minimum Gasteiger partial charge on any atom is -0.353 e. The van der Waals surface area contributed by atoms with Crippen molar-refractivity contribution in [2.24, 2.45) is 7.05 Å². The SMILES string of the molecule is C=CCC(C)NCc1cccn1C.